The third-order valence-corrected chi connectivity index (χ3v) is 3.50. The first-order chi connectivity index (χ1) is 7.66. The zero-order valence-electron chi connectivity index (χ0n) is 9.70. The second-order valence-corrected chi connectivity index (χ2v) is 4.72. The van der Waals surface area contributed by atoms with Crippen LogP contribution in [0, 0.1) is 11.7 Å². The van der Waals surface area contributed by atoms with E-state index in [9.17, 15) is 4.39 Å². The first-order valence-electron chi connectivity index (χ1n) is 5.86. The molecule has 2 N–H and O–H groups in total. The Hall–Kier alpha value is -0.930. The predicted octanol–water partition coefficient (Wildman–Crippen LogP) is 2.17. The van der Waals surface area contributed by atoms with Crippen LogP contribution in [-0.2, 0) is 0 Å². The minimum absolute atomic E-state index is 0.0237. The molecule has 1 unspecified atom stereocenters. The van der Waals surface area contributed by atoms with Gasteiger partial charge in [0, 0.05) is 6.04 Å². The molecule has 1 aliphatic rings. The van der Waals surface area contributed by atoms with Crippen LogP contribution >= 0.6 is 0 Å². The fourth-order valence-electron chi connectivity index (χ4n) is 2.37. The molecular formula is C13H19FN2. The van der Waals surface area contributed by atoms with E-state index in [1.807, 2.05) is 6.07 Å². The van der Waals surface area contributed by atoms with Gasteiger partial charge in [0.05, 0.1) is 0 Å². The van der Waals surface area contributed by atoms with Gasteiger partial charge in [0.25, 0.3) is 0 Å². The zero-order valence-corrected chi connectivity index (χ0v) is 9.70. The molecule has 0 spiro atoms. The third kappa shape index (κ3) is 2.60. The second-order valence-electron chi connectivity index (χ2n) is 4.72. The van der Waals surface area contributed by atoms with Crippen LogP contribution in [0.2, 0.25) is 0 Å². The van der Waals surface area contributed by atoms with Gasteiger partial charge in [-0.25, -0.2) is 4.39 Å². The van der Waals surface area contributed by atoms with E-state index in [4.69, 9.17) is 5.73 Å². The molecule has 0 aromatic heterocycles. The Balaban J connectivity index is 2.04. The molecule has 88 valence electrons. The van der Waals surface area contributed by atoms with Crippen molar-refractivity contribution in [2.75, 3.05) is 20.1 Å². The zero-order chi connectivity index (χ0) is 11.5. The third-order valence-electron chi connectivity index (χ3n) is 3.50. The summed E-state index contributed by atoms with van der Waals surface area (Å²) in [5.41, 5.74) is 7.12. The highest BCUT2D eigenvalue weighted by Gasteiger charge is 2.23. The molecule has 0 saturated carbocycles. The number of likely N-dealkylation sites (tertiary alicyclic amines) is 1. The largest absolute Gasteiger partial charge is 0.324 e. The van der Waals surface area contributed by atoms with Crippen molar-refractivity contribution in [2.45, 2.75) is 18.9 Å². The van der Waals surface area contributed by atoms with Gasteiger partial charge >= 0.3 is 0 Å². The molecule has 1 fully saturated rings. The van der Waals surface area contributed by atoms with Crippen LogP contribution in [0.5, 0.6) is 0 Å². The van der Waals surface area contributed by atoms with Crippen LogP contribution in [-0.4, -0.2) is 25.0 Å². The fraction of sp³-hybridized carbons (Fsp3) is 0.538. The van der Waals surface area contributed by atoms with Gasteiger partial charge in [-0.15, -0.1) is 0 Å². The fourth-order valence-corrected chi connectivity index (χ4v) is 2.37. The SMILES string of the molecule is CN1CCC(C(N)c2cccc(F)c2)CC1. The van der Waals surface area contributed by atoms with Gasteiger partial charge in [-0.05, 0) is 56.6 Å². The standard InChI is InChI=1S/C13H19FN2/c1-16-7-5-10(6-8-16)13(15)11-3-2-4-12(14)9-11/h2-4,9-10,13H,5-8,15H2,1H3. The summed E-state index contributed by atoms with van der Waals surface area (Å²) in [7, 11) is 2.13. The number of hydrogen-bond donors (Lipinski definition) is 1. The van der Waals surface area contributed by atoms with Crippen molar-refractivity contribution in [2.24, 2.45) is 11.7 Å². The molecule has 2 nitrogen and oxygen atoms in total. The summed E-state index contributed by atoms with van der Waals surface area (Å²) in [5, 5.41) is 0. The van der Waals surface area contributed by atoms with Gasteiger partial charge in [-0.2, -0.15) is 0 Å². The van der Waals surface area contributed by atoms with Crippen LogP contribution in [0.15, 0.2) is 24.3 Å². The summed E-state index contributed by atoms with van der Waals surface area (Å²) in [5.74, 6) is 0.291. The first kappa shape index (κ1) is 11.6. The van der Waals surface area contributed by atoms with E-state index in [1.165, 1.54) is 6.07 Å². The van der Waals surface area contributed by atoms with E-state index < -0.39 is 0 Å². The van der Waals surface area contributed by atoms with Crippen LogP contribution in [0.4, 0.5) is 4.39 Å². The van der Waals surface area contributed by atoms with Crippen LogP contribution < -0.4 is 5.73 Å². The Morgan fingerprint density at radius 2 is 2.06 bits per heavy atom. The summed E-state index contributed by atoms with van der Waals surface area (Å²) < 4.78 is 13.1. The van der Waals surface area contributed by atoms with Gasteiger partial charge in [0.15, 0.2) is 0 Å². The van der Waals surface area contributed by atoms with Gasteiger partial charge < -0.3 is 10.6 Å². The number of rotatable bonds is 2. The molecule has 1 heterocycles. The van der Waals surface area contributed by atoms with Gasteiger partial charge in [-0.1, -0.05) is 12.1 Å². The highest BCUT2D eigenvalue weighted by atomic mass is 19.1. The Morgan fingerprint density at radius 1 is 1.38 bits per heavy atom. The van der Waals surface area contributed by atoms with Gasteiger partial charge in [-0.3, -0.25) is 0 Å². The number of halogens is 1. The summed E-state index contributed by atoms with van der Waals surface area (Å²) in [4.78, 5) is 2.31. The lowest BCUT2D eigenvalue weighted by atomic mass is 9.86. The van der Waals surface area contributed by atoms with Crippen LogP contribution in [0.1, 0.15) is 24.4 Å². The molecule has 1 saturated heterocycles. The molecule has 1 aromatic carbocycles. The normalized spacial score (nSPS) is 20.9. The molecule has 1 aliphatic heterocycles. The lowest BCUT2D eigenvalue weighted by molar-refractivity contribution is 0.199. The van der Waals surface area contributed by atoms with Crippen molar-refractivity contribution in [1.29, 1.82) is 0 Å². The molecule has 3 heteroatoms. The maximum Gasteiger partial charge on any atom is 0.123 e. The van der Waals surface area contributed by atoms with Crippen LogP contribution in [0.3, 0.4) is 0 Å². The summed E-state index contributed by atoms with van der Waals surface area (Å²) >= 11 is 0. The quantitative estimate of drug-likeness (QED) is 0.831. The first-order valence-corrected chi connectivity index (χ1v) is 5.86. The Labute approximate surface area is 96.2 Å². The second kappa shape index (κ2) is 4.93. The molecule has 1 aromatic rings. The number of hydrogen-bond acceptors (Lipinski definition) is 2. The summed E-state index contributed by atoms with van der Waals surface area (Å²) in [6.45, 7) is 2.18. The highest BCUT2D eigenvalue weighted by molar-refractivity contribution is 5.20. The Kier molecular flexibility index (Phi) is 3.56. The van der Waals surface area contributed by atoms with Gasteiger partial charge in [0.2, 0.25) is 0 Å². The van der Waals surface area contributed by atoms with E-state index in [-0.39, 0.29) is 11.9 Å². The molecule has 16 heavy (non-hydrogen) atoms. The monoisotopic (exact) mass is 222 g/mol. The van der Waals surface area contributed by atoms with Crippen LogP contribution in [0.25, 0.3) is 0 Å². The molecule has 0 aliphatic carbocycles. The van der Waals surface area contributed by atoms with E-state index in [2.05, 4.69) is 11.9 Å². The Bertz CT molecular complexity index is 346. The lowest BCUT2D eigenvalue weighted by Crippen LogP contribution is -2.35. The average Bonchev–Trinajstić information content (AvgIpc) is 2.29. The Morgan fingerprint density at radius 3 is 2.69 bits per heavy atom. The summed E-state index contributed by atoms with van der Waals surface area (Å²) in [6.07, 6.45) is 2.21. The van der Waals surface area contributed by atoms with E-state index in [1.54, 1.807) is 12.1 Å². The molecule has 0 radical (unpaired) electrons. The number of piperidine rings is 1. The van der Waals surface area contributed by atoms with Crippen molar-refractivity contribution < 1.29 is 4.39 Å². The smallest absolute Gasteiger partial charge is 0.123 e. The molecule has 1 atom stereocenters. The number of nitrogens with zero attached hydrogens (tertiary/aromatic N) is 1. The minimum atomic E-state index is -0.194. The minimum Gasteiger partial charge on any atom is -0.324 e. The molecule has 0 amide bonds. The molecular weight excluding hydrogens is 203 g/mol. The topological polar surface area (TPSA) is 29.3 Å². The highest BCUT2D eigenvalue weighted by Crippen LogP contribution is 2.28. The summed E-state index contributed by atoms with van der Waals surface area (Å²) in [6, 6.07) is 6.66. The molecule has 2 rings (SSSR count). The maximum absolute atomic E-state index is 13.1. The lowest BCUT2D eigenvalue weighted by Gasteiger charge is -2.32. The number of nitrogens with two attached hydrogens (primary N) is 1. The van der Waals surface area contributed by atoms with E-state index in [0.717, 1.165) is 31.5 Å². The average molecular weight is 222 g/mol. The van der Waals surface area contributed by atoms with E-state index in [0.29, 0.717) is 5.92 Å². The maximum atomic E-state index is 13.1. The van der Waals surface area contributed by atoms with Crippen molar-refractivity contribution in [3.8, 4) is 0 Å². The van der Waals surface area contributed by atoms with Crippen molar-refractivity contribution in [3.05, 3.63) is 35.6 Å². The van der Waals surface area contributed by atoms with E-state index >= 15 is 0 Å². The predicted molar refractivity (Wildman–Crippen MR) is 63.5 cm³/mol. The van der Waals surface area contributed by atoms with Gasteiger partial charge in [0.1, 0.15) is 5.82 Å². The van der Waals surface area contributed by atoms with Crippen molar-refractivity contribution >= 4 is 0 Å². The van der Waals surface area contributed by atoms with Crippen molar-refractivity contribution in [1.82, 2.24) is 4.90 Å². The molecule has 0 bridgehead atoms. The van der Waals surface area contributed by atoms with Crippen molar-refractivity contribution in [3.63, 3.8) is 0 Å². The number of benzene rings is 1.